The number of hydrogen-bond donors (Lipinski definition) is 0. The van der Waals surface area contributed by atoms with Crippen molar-refractivity contribution >= 4 is 17.9 Å². The van der Waals surface area contributed by atoms with Crippen LogP contribution in [0.2, 0.25) is 5.02 Å². The molecule has 0 aromatic heterocycles. The van der Waals surface area contributed by atoms with Crippen molar-refractivity contribution in [2.45, 2.75) is 20.8 Å². The van der Waals surface area contributed by atoms with E-state index in [-0.39, 0.29) is 0 Å². The van der Waals surface area contributed by atoms with Crippen LogP contribution in [0.4, 0.5) is 0 Å². The highest BCUT2D eigenvalue weighted by Gasteiger charge is 2.08. The Morgan fingerprint density at radius 3 is 2.17 bits per heavy atom. The quantitative estimate of drug-likeness (QED) is 0.711. The molecule has 0 unspecified atom stereocenters. The Hall–Kier alpha value is -1.60. The average Bonchev–Trinajstić information content (AvgIpc) is 2.34. The normalized spacial score (nSPS) is 10.4. The standard InChI is InChI=1S/C16H15ClO/c1-10-6-13(9-18)4-5-14(10)15-7-12(3)16(17)8-11(15)2/h4-9H,1-3H3. The molecule has 2 aromatic rings. The Balaban J connectivity index is 2.62. The van der Waals surface area contributed by atoms with Gasteiger partial charge in [0.25, 0.3) is 0 Å². The molecule has 0 spiro atoms. The molecular weight excluding hydrogens is 244 g/mol. The van der Waals surface area contributed by atoms with Crippen LogP contribution < -0.4 is 0 Å². The van der Waals surface area contributed by atoms with E-state index in [4.69, 9.17) is 11.6 Å². The van der Waals surface area contributed by atoms with E-state index in [1.165, 1.54) is 5.56 Å². The van der Waals surface area contributed by atoms with Crippen LogP contribution in [0.25, 0.3) is 11.1 Å². The first-order valence-corrected chi connectivity index (χ1v) is 6.23. The van der Waals surface area contributed by atoms with Crippen molar-refractivity contribution < 1.29 is 4.79 Å². The van der Waals surface area contributed by atoms with Crippen LogP contribution in [0.1, 0.15) is 27.0 Å². The lowest BCUT2D eigenvalue weighted by Crippen LogP contribution is -1.91. The molecule has 0 saturated carbocycles. The lowest BCUT2D eigenvalue weighted by Gasteiger charge is -2.12. The topological polar surface area (TPSA) is 17.1 Å². The third-order valence-electron chi connectivity index (χ3n) is 3.18. The van der Waals surface area contributed by atoms with Gasteiger partial charge in [-0.25, -0.2) is 0 Å². The van der Waals surface area contributed by atoms with Crippen LogP contribution in [-0.2, 0) is 0 Å². The monoisotopic (exact) mass is 258 g/mol. The minimum absolute atomic E-state index is 0.708. The maximum atomic E-state index is 10.8. The van der Waals surface area contributed by atoms with Gasteiger partial charge in [0.2, 0.25) is 0 Å². The Kier molecular flexibility index (Phi) is 3.53. The van der Waals surface area contributed by atoms with Crippen LogP contribution in [0.5, 0.6) is 0 Å². The zero-order valence-corrected chi connectivity index (χ0v) is 11.5. The van der Waals surface area contributed by atoms with E-state index in [1.54, 1.807) is 0 Å². The third-order valence-corrected chi connectivity index (χ3v) is 3.59. The summed E-state index contributed by atoms with van der Waals surface area (Å²) < 4.78 is 0. The number of aryl methyl sites for hydroxylation is 3. The first-order chi connectivity index (χ1) is 8.52. The molecule has 0 aliphatic heterocycles. The maximum Gasteiger partial charge on any atom is 0.150 e. The number of rotatable bonds is 2. The fourth-order valence-corrected chi connectivity index (χ4v) is 2.35. The van der Waals surface area contributed by atoms with E-state index < -0.39 is 0 Å². The minimum Gasteiger partial charge on any atom is -0.298 e. The maximum absolute atomic E-state index is 10.8. The zero-order chi connectivity index (χ0) is 13.3. The molecule has 1 nitrogen and oxygen atoms in total. The van der Waals surface area contributed by atoms with E-state index in [1.807, 2.05) is 45.0 Å². The molecule has 92 valence electrons. The van der Waals surface area contributed by atoms with Crippen LogP contribution in [0, 0.1) is 20.8 Å². The van der Waals surface area contributed by atoms with Gasteiger partial charge in [0, 0.05) is 10.6 Å². The smallest absolute Gasteiger partial charge is 0.150 e. The predicted octanol–water partition coefficient (Wildman–Crippen LogP) is 4.74. The highest BCUT2D eigenvalue weighted by molar-refractivity contribution is 6.31. The molecule has 0 aliphatic carbocycles. The van der Waals surface area contributed by atoms with Crippen molar-refractivity contribution in [2.75, 3.05) is 0 Å². The lowest BCUT2D eigenvalue weighted by atomic mass is 9.94. The van der Waals surface area contributed by atoms with Gasteiger partial charge in [0.1, 0.15) is 6.29 Å². The van der Waals surface area contributed by atoms with E-state index >= 15 is 0 Å². The van der Waals surface area contributed by atoms with Gasteiger partial charge in [-0.2, -0.15) is 0 Å². The second kappa shape index (κ2) is 4.95. The van der Waals surface area contributed by atoms with Crippen molar-refractivity contribution in [1.82, 2.24) is 0 Å². The van der Waals surface area contributed by atoms with Gasteiger partial charge in [-0.05, 0) is 66.8 Å². The van der Waals surface area contributed by atoms with Crippen molar-refractivity contribution in [1.29, 1.82) is 0 Å². The summed E-state index contributed by atoms with van der Waals surface area (Å²) in [5.41, 5.74) is 6.34. The predicted molar refractivity (Wildman–Crippen MR) is 76.5 cm³/mol. The van der Waals surface area contributed by atoms with E-state index in [0.29, 0.717) is 5.56 Å². The number of carbonyl (C=O) groups is 1. The largest absolute Gasteiger partial charge is 0.298 e. The molecule has 18 heavy (non-hydrogen) atoms. The van der Waals surface area contributed by atoms with E-state index in [2.05, 4.69) is 6.07 Å². The zero-order valence-electron chi connectivity index (χ0n) is 10.8. The van der Waals surface area contributed by atoms with Gasteiger partial charge in [0.05, 0.1) is 0 Å². The highest BCUT2D eigenvalue weighted by Crippen LogP contribution is 2.31. The lowest BCUT2D eigenvalue weighted by molar-refractivity contribution is 0.112. The van der Waals surface area contributed by atoms with Crippen LogP contribution in [0.15, 0.2) is 30.3 Å². The van der Waals surface area contributed by atoms with Gasteiger partial charge in [0.15, 0.2) is 0 Å². The molecule has 0 radical (unpaired) electrons. The molecule has 2 aromatic carbocycles. The van der Waals surface area contributed by atoms with Gasteiger partial charge >= 0.3 is 0 Å². The summed E-state index contributed by atoms with van der Waals surface area (Å²) >= 11 is 6.11. The van der Waals surface area contributed by atoms with Crippen molar-refractivity contribution in [3.63, 3.8) is 0 Å². The van der Waals surface area contributed by atoms with Gasteiger partial charge in [-0.1, -0.05) is 23.7 Å². The SMILES string of the molecule is Cc1cc(-c2ccc(C=O)cc2C)c(C)cc1Cl. The summed E-state index contributed by atoms with van der Waals surface area (Å²) in [6.07, 6.45) is 0.872. The fourth-order valence-electron chi connectivity index (χ4n) is 2.13. The average molecular weight is 259 g/mol. The Bertz CT molecular complexity index is 615. The molecule has 0 heterocycles. The number of halogens is 1. The molecule has 2 rings (SSSR count). The van der Waals surface area contributed by atoms with Crippen molar-refractivity contribution in [3.05, 3.63) is 57.6 Å². The van der Waals surface area contributed by atoms with Crippen LogP contribution >= 0.6 is 11.6 Å². The molecule has 0 saturated heterocycles. The summed E-state index contributed by atoms with van der Waals surface area (Å²) in [6.45, 7) is 6.07. The first kappa shape index (κ1) is 12.8. The van der Waals surface area contributed by atoms with Crippen LogP contribution in [0.3, 0.4) is 0 Å². The molecule has 0 amide bonds. The molecular formula is C16H15ClO. The molecule has 2 heteroatoms. The number of carbonyl (C=O) groups excluding carboxylic acids is 1. The Labute approximate surface area is 112 Å². The van der Waals surface area contributed by atoms with E-state index in [0.717, 1.165) is 33.6 Å². The van der Waals surface area contributed by atoms with Crippen molar-refractivity contribution in [3.8, 4) is 11.1 Å². The van der Waals surface area contributed by atoms with Crippen LogP contribution in [-0.4, -0.2) is 6.29 Å². The highest BCUT2D eigenvalue weighted by atomic mass is 35.5. The summed E-state index contributed by atoms with van der Waals surface area (Å²) in [4.78, 5) is 10.8. The summed E-state index contributed by atoms with van der Waals surface area (Å²) in [6, 6.07) is 9.83. The number of benzene rings is 2. The molecule has 0 N–H and O–H groups in total. The summed E-state index contributed by atoms with van der Waals surface area (Å²) in [7, 11) is 0. The second-order valence-electron chi connectivity index (χ2n) is 4.61. The molecule has 0 aliphatic rings. The van der Waals surface area contributed by atoms with Gasteiger partial charge in [-0.3, -0.25) is 4.79 Å². The minimum atomic E-state index is 0.708. The Morgan fingerprint density at radius 1 is 0.889 bits per heavy atom. The summed E-state index contributed by atoms with van der Waals surface area (Å²) in [5.74, 6) is 0. The number of aldehydes is 1. The molecule has 0 bridgehead atoms. The summed E-state index contributed by atoms with van der Waals surface area (Å²) in [5, 5.41) is 0.790. The first-order valence-electron chi connectivity index (χ1n) is 5.86. The van der Waals surface area contributed by atoms with E-state index in [9.17, 15) is 4.79 Å². The fraction of sp³-hybridized carbons (Fsp3) is 0.188. The second-order valence-corrected chi connectivity index (χ2v) is 5.02. The Morgan fingerprint density at radius 2 is 1.56 bits per heavy atom. The van der Waals surface area contributed by atoms with Gasteiger partial charge < -0.3 is 0 Å². The third kappa shape index (κ3) is 2.32. The van der Waals surface area contributed by atoms with Gasteiger partial charge in [-0.15, -0.1) is 0 Å². The number of hydrogen-bond acceptors (Lipinski definition) is 1. The molecule has 0 fully saturated rings. The van der Waals surface area contributed by atoms with Crippen molar-refractivity contribution in [2.24, 2.45) is 0 Å². The molecule has 0 atom stereocenters.